The van der Waals surface area contributed by atoms with Crippen LogP contribution in [-0.4, -0.2) is 33.3 Å². The molecule has 1 aromatic carbocycles. The van der Waals surface area contributed by atoms with Crippen LogP contribution in [0.1, 0.15) is 0 Å². The number of nitrogens with zero attached hydrogens (tertiary/aromatic N) is 2. The average Bonchev–Trinajstić information content (AvgIpc) is 2.79. The monoisotopic (exact) mass is 338 g/mol. The number of hydrogen-bond donors (Lipinski definition) is 0. The Hall–Kier alpha value is -1.03. The van der Waals surface area contributed by atoms with E-state index in [1.54, 1.807) is 0 Å². The molecule has 2 aromatic rings. The molecule has 0 aliphatic heterocycles. The lowest BCUT2D eigenvalue weighted by Crippen LogP contribution is -2.01. The van der Waals surface area contributed by atoms with Crippen LogP contribution >= 0.6 is 22.9 Å². The van der Waals surface area contributed by atoms with E-state index in [0.717, 1.165) is 6.26 Å². The van der Waals surface area contributed by atoms with Crippen LogP contribution < -0.4 is 0 Å². The Kier molecular flexibility index (Phi) is 3.65. The summed E-state index contributed by atoms with van der Waals surface area (Å²) >= 11 is 6.19. The van der Waals surface area contributed by atoms with Gasteiger partial charge in [-0.15, -0.1) is 10.2 Å². The number of aromatic nitrogens is 2. The molecule has 0 saturated carbocycles. The van der Waals surface area contributed by atoms with Crippen molar-refractivity contribution in [2.75, 3.05) is 6.26 Å². The van der Waals surface area contributed by atoms with Crippen LogP contribution in [0, 0.1) is 0 Å². The third-order valence-electron chi connectivity index (χ3n) is 2.06. The molecule has 6 nitrogen and oxygen atoms in total. The van der Waals surface area contributed by atoms with Gasteiger partial charge in [0, 0.05) is 11.3 Å². The summed E-state index contributed by atoms with van der Waals surface area (Å²) in [6.45, 7) is 0. The van der Waals surface area contributed by atoms with Gasteiger partial charge in [0.2, 0.25) is 28.4 Å². The van der Waals surface area contributed by atoms with Crippen LogP contribution in [0.25, 0.3) is 0 Å². The van der Waals surface area contributed by atoms with Gasteiger partial charge < -0.3 is 0 Å². The fourth-order valence-corrected chi connectivity index (χ4v) is 4.61. The maximum atomic E-state index is 12.2. The lowest BCUT2D eigenvalue weighted by molar-refractivity contribution is 0.591. The van der Waals surface area contributed by atoms with Crippen LogP contribution in [0.5, 0.6) is 0 Å². The summed E-state index contributed by atoms with van der Waals surface area (Å²) in [5.41, 5.74) is 0. The summed E-state index contributed by atoms with van der Waals surface area (Å²) in [5, 5.41) is 7.19. The molecule has 0 bridgehead atoms. The van der Waals surface area contributed by atoms with Crippen molar-refractivity contribution < 1.29 is 16.8 Å². The Morgan fingerprint density at radius 1 is 1.00 bits per heavy atom. The Bertz CT molecular complexity index is 809. The van der Waals surface area contributed by atoms with E-state index in [1.165, 1.54) is 24.3 Å². The zero-order valence-electron chi connectivity index (χ0n) is 9.44. The van der Waals surface area contributed by atoms with Gasteiger partial charge in [-0.2, -0.15) is 0 Å². The molecule has 19 heavy (non-hydrogen) atoms. The standard InChI is InChI=1S/C9H7ClN2O4S3/c1-18(13,14)8-11-12-9(17-8)19(15,16)7-4-2-6(10)3-5-7/h2-5H,1H3. The second kappa shape index (κ2) is 4.82. The first-order valence-electron chi connectivity index (χ1n) is 4.75. The summed E-state index contributed by atoms with van der Waals surface area (Å²) < 4.78 is 46.1. The molecule has 1 heterocycles. The molecule has 0 spiro atoms. The van der Waals surface area contributed by atoms with Crippen LogP contribution in [0.4, 0.5) is 0 Å². The fraction of sp³-hybridized carbons (Fsp3) is 0.111. The van der Waals surface area contributed by atoms with Crippen molar-refractivity contribution in [2.45, 2.75) is 13.6 Å². The van der Waals surface area contributed by atoms with Crippen molar-refractivity contribution in [3.8, 4) is 0 Å². The molecule has 0 saturated heterocycles. The minimum atomic E-state index is -3.87. The molecule has 0 radical (unpaired) electrons. The topological polar surface area (TPSA) is 94.1 Å². The molecule has 102 valence electrons. The minimum Gasteiger partial charge on any atom is -0.221 e. The molecule has 0 aliphatic carbocycles. The predicted molar refractivity (Wildman–Crippen MR) is 69.9 cm³/mol. The summed E-state index contributed by atoms with van der Waals surface area (Å²) in [5.74, 6) is 0. The van der Waals surface area contributed by atoms with Gasteiger partial charge in [-0.3, -0.25) is 0 Å². The molecule has 2 rings (SSSR count). The predicted octanol–water partition coefficient (Wildman–Crippen LogP) is 1.43. The summed E-state index contributed by atoms with van der Waals surface area (Å²) in [6, 6.07) is 5.48. The SMILES string of the molecule is CS(=O)(=O)c1nnc(S(=O)(=O)c2ccc(Cl)cc2)s1. The molecule has 0 fully saturated rings. The molecular formula is C9H7ClN2O4S3. The Morgan fingerprint density at radius 2 is 1.53 bits per heavy atom. The lowest BCUT2D eigenvalue weighted by Gasteiger charge is -1.99. The van der Waals surface area contributed by atoms with Crippen LogP contribution in [0.3, 0.4) is 0 Å². The summed E-state index contributed by atoms with van der Waals surface area (Å²) in [7, 11) is -7.45. The van der Waals surface area contributed by atoms with E-state index < -0.39 is 19.7 Å². The maximum Gasteiger partial charge on any atom is 0.238 e. The third-order valence-corrected chi connectivity index (χ3v) is 7.04. The van der Waals surface area contributed by atoms with Gasteiger partial charge in [-0.1, -0.05) is 22.9 Å². The minimum absolute atomic E-state index is 0.0203. The van der Waals surface area contributed by atoms with Gasteiger partial charge >= 0.3 is 0 Å². The molecule has 1 aromatic heterocycles. The van der Waals surface area contributed by atoms with Crippen molar-refractivity contribution >= 4 is 42.6 Å². The van der Waals surface area contributed by atoms with E-state index in [0.29, 0.717) is 16.4 Å². The van der Waals surface area contributed by atoms with Gasteiger partial charge in [-0.25, -0.2) is 16.8 Å². The summed E-state index contributed by atoms with van der Waals surface area (Å²) in [6.07, 6.45) is 0.937. The van der Waals surface area contributed by atoms with Crippen molar-refractivity contribution in [3.63, 3.8) is 0 Å². The highest BCUT2D eigenvalue weighted by Crippen LogP contribution is 2.26. The van der Waals surface area contributed by atoms with E-state index in [-0.39, 0.29) is 13.6 Å². The van der Waals surface area contributed by atoms with E-state index in [2.05, 4.69) is 10.2 Å². The molecule has 0 N–H and O–H groups in total. The first-order valence-corrected chi connectivity index (χ1v) is 9.32. The van der Waals surface area contributed by atoms with Crippen LogP contribution in [0.15, 0.2) is 37.8 Å². The van der Waals surface area contributed by atoms with E-state index >= 15 is 0 Å². The largest absolute Gasteiger partial charge is 0.238 e. The quantitative estimate of drug-likeness (QED) is 0.840. The Morgan fingerprint density at radius 3 is 2.00 bits per heavy atom. The fourth-order valence-electron chi connectivity index (χ4n) is 1.17. The maximum absolute atomic E-state index is 12.2. The number of halogens is 1. The van der Waals surface area contributed by atoms with E-state index in [9.17, 15) is 16.8 Å². The number of hydrogen-bond acceptors (Lipinski definition) is 7. The van der Waals surface area contributed by atoms with Gasteiger partial charge in [0.1, 0.15) is 0 Å². The molecule has 0 aliphatic rings. The second-order valence-corrected chi connectivity index (χ2v) is 9.29. The van der Waals surface area contributed by atoms with Crippen molar-refractivity contribution in [2.24, 2.45) is 0 Å². The number of sulfone groups is 2. The zero-order valence-corrected chi connectivity index (χ0v) is 12.6. The zero-order chi connectivity index (χ0) is 14.3. The van der Waals surface area contributed by atoms with Gasteiger partial charge in [-0.05, 0) is 24.3 Å². The molecule has 0 unspecified atom stereocenters. The second-order valence-electron chi connectivity index (χ2n) is 3.56. The highest BCUT2D eigenvalue weighted by atomic mass is 35.5. The first kappa shape index (κ1) is 14.4. The smallest absolute Gasteiger partial charge is 0.221 e. The van der Waals surface area contributed by atoms with Crippen molar-refractivity contribution in [1.29, 1.82) is 0 Å². The molecule has 0 atom stereocenters. The van der Waals surface area contributed by atoms with Crippen LogP contribution in [0.2, 0.25) is 5.02 Å². The molecule has 10 heteroatoms. The lowest BCUT2D eigenvalue weighted by atomic mass is 10.4. The first-order chi connectivity index (χ1) is 8.71. The Balaban J connectivity index is 2.51. The highest BCUT2D eigenvalue weighted by Gasteiger charge is 2.25. The summed E-state index contributed by atoms with van der Waals surface area (Å²) in [4.78, 5) is -0.0203. The average molecular weight is 339 g/mol. The van der Waals surface area contributed by atoms with Crippen LogP contribution in [-0.2, 0) is 19.7 Å². The normalized spacial score (nSPS) is 12.5. The van der Waals surface area contributed by atoms with Gasteiger partial charge in [0.25, 0.3) is 0 Å². The van der Waals surface area contributed by atoms with Gasteiger partial charge in [0.05, 0.1) is 4.90 Å². The van der Waals surface area contributed by atoms with E-state index in [4.69, 9.17) is 11.6 Å². The molecular weight excluding hydrogens is 332 g/mol. The third kappa shape index (κ3) is 2.94. The number of rotatable bonds is 3. The Labute approximate surface area is 118 Å². The highest BCUT2D eigenvalue weighted by molar-refractivity contribution is 7.95. The molecule has 0 amide bonds. The number of benzene rings is 1. The van der Waals surface area contributed by atoms with Crippen molar-refractivity contribution in [3.05, 3.63) is 29.3 Å². The van der Waals surface area contributed by atoms with Crippen molar-refractivity contribution in [1.82, 2.24) is 10.2 Å². The van der Waals surface area contributed by atoms with E-state index in [1.807, 2.05) is 0 Å². The van der Waals surface area contributed by atoms with Gasteiger partial charge in [0.15, 0.2) is 0 Å².